The van der Waals surface area contributed by atoms with E-state index >= 15 is 0 Å². The minimum Gasteiger partial charge on any atom is -0.254 e. The fraction of sp³-hybridized carbons (Fsp3) is 0. The summed E-state index contributed by atoms with van der Waals surface area (Å²) in [5.74, 6) is 0. The Labute approximate surface area is 177 Å². The van der Waals surface area contributed by atoms with Crippen LogP contribution < -0.4 is 15.9 Å². The first kappa shape index (κ1) is 19.6. The summed E-state index contributed by atoms with van der Waals surface area (Å²) in [5.41, 5.74) is 1.91. The van der Waals surface area contributed by atoms with Crippen LogP contribution >= 0.6 is 7.05 Å². The average Bonchev–Trinajstić information content (AvgIpc) is 2.84. The monoisotopic (exact) mass is 404 g/mol. The quantitative estimate of drug-likeness (QED) is 0.295. The summed E-state index contributed by atoms with van der Waals surface area (Å²) < 4.78 is 5.44. The van der Waals surface area contributed by atoms with Crippen LogP contribution in [0.3, 0.4) is 0 Å². The first-order valence-corrected chi connectivity index (χ1v) is 11.5. The third kappa shape index (κ3) is 4.03. The zero-order chi connectivity index (χ0) is 20.7. The Balaban J connectivity index is 2.01. The van der Waals surface area contributed by atoms with Crippen molar-refractivity contribution in [2.45, 2.75) is 0 Å². The summed E-state index contributed by atoms with van der Waals surface area (Å²) in [6.07, 6.45) is 3.29. The maximum absolute atomic E-state index is 8.76. The Morgan fingerprint density at radius 1 is 0.600 bits per heavy atom. The molecule has 0 unspecified atom stereocenters. The Kier molecular flexibility index (Phi) is 6.04. The molecule has 0 saturated heterocycles. The van der Waals surface area contributed by atoms with E-state index in [2.05, 4.69) is 72.8 Å². The van der Waals surface area contributed by atoms with Crippen LogP contribution in [-0.4, -0.2) is 0 Å². The second-order valence-corrected chi connectivity index (χ2v) is 9.82. The third-order valence-corrected chi connectivity index (χ3v) is 8.57. The first-order valence-electron chi connectivity index (χ1n) is 9.78. The zero-order valence-corrected chi connectivity index (χ0v) is 17.4. The van der Waals surface area contributed by atoms with Crippen molar-refractivity contribution < 1.29 is 0 Å². The van der Waals surface area contributed by atoms with Crippen molar-refractivity contribution in [1.82, 2.24) is 0 Å². The van der Waals surface area contributed by atoms with Crippen LogP contribution in [-0.2, 0) is 0 Å². The normalized spacial score (nSPS) is 11.2. The van der Waals surface area contributed by atoms with Crippen molar-refractivity contribution in [3.05, 3.63) is 127 Å². The molecular weight excluding hydrogens is 383 g/mol. The van der Waals surface area contributed by atoms with E-state index in [1.807, 2.05) is 48.5 Å². The van der Waals surface area contributed by atoms with Gasteiger partial charge in [0.1, 0.15) is 0 Å². The number of nitrogens with zero attached hydrogens (tertiary/aromatic N) is 2. The molecule has 0 fully saturated rings. The SMILES string of the molecule is N#C/C=C/c1ccc(N=P(c2ccccc2)(c2ccccc2)c2ccccc2)cc1. The highest BCUT2D eigenvalue weighted by atomic mass is 31.2. The van der Waals surface area contributed by atoms with E-state index in [0.717, 1.165) is 11.3 Å². The van der Waals surface area contributed by atoms with Crippen LogP contribution in [0.25, 0.3) is 6.08 Å². The van der Waals surface area contributed by atoms with E-state index in [0.29, 0.717) is 0 Å². The van der Waals surface area contributed by atoms with Gasteiger partial charge in [-0.25, -0.2) is 0 Å². The Morgan fingerprint density at radius 3 is 1.43 bits per heavy atom. The van der Waals surface area contributed by atoms with Gasteiger partial charge < -0.3 is 0 Å². The molecule has 0 aliphatic rings. The van der Waals surface area contributed by atoms with Gasteiger partial charge in [0.2, 0.25) is 0 Å². The van der Waals surface area contributed by atoms with Crippen LogP contribution in [0.5, 0.6) is 0 Å². The van der Waals surface area contributed by atoms with E-state index in [9.17, 15) is 0 Å². The van der Waals surface area contributed by atoms with E-state index in [-0.39, 0.29) is 0 Å². The minimum atomic E-state index is -2.26. The van der Waals surface area contributed by atoms with E-state index in [1.165, 1.54) is 22.0 Å². The highest BCUT2D eigenvalue weighted by Gasteiger charge is 2.27. The van der Waals surface area contributed by atoms with Gasteiger partial charge >= 0.3 is 0 Å². The van der Waals surface area contributed by atoms with Crippen LogP contribution in [0.4, 0.5) is 5.69 Å². The molecule has 4 aromatic rings. The lowest BCUT2D eigenvalue weighted by Gasteiger charge is -2.27. The lowest BCUT2D eigenvalue weighted by molar-refractivity contribution is 1.52. The maximum atomic E-state index is 8.76. The van der Waals surface area contributed by atoms with Gasteiger partial charge in [0.25, 0.3) is 0 Å². The van der Waals surface area contributed by atoms with Crippen molar-refractivity contribution in [1.29, 1.82) is 5.26 Å². The molecule has 0 saturated carbocycles. The zero-order valence-electron chi connectivity index (χ0n) is 16.5. The molecule has 2 nitrogen and oxygen atoms in total. The number of allylic oxidation sites excluding steroid dienone is 1. The Morgan fingerprint density at radius 2 is 1.03 bits per heavy atom. The van der Waals surface area contributed by atoms with Gasteiger partial charge in [-0.2, -0.15) is 5.26 Å². The van der Waals surface area contributed by atoms with Crippen LogP contribution in [0.1, 0.15) is 5.56 Å². The number of hydrogen-bond acceptors (Lipinski definition) is 2. The third-order valence-electron chi connectivity index (χ3n) is 4.90. The lowest BCUT2D eigenvalue weighted by atomic mass is 10.2. The molecule has 0 spiro atoms. The Hall–Kier alpha value is -3.66. The van der Waals surface area contributed by atoms with Crippen LogP contribution in [0.15, 0.2) is 126 Å². The summed E-state index contributed by atoms with van der Waals surface area (Å²) in [6, 6.07) is 41.8. The molecule has 0 atom stereocenters. The Bertz CT molecular complexity index is 1120. The number of benzene rings is 4. The van der Waals surface area contributed by atoms with Gasteiger partial charge in [-0.3, -0.25) is 4.74 Å². The molecule has 144 valence electrons. The van der Waals surface area contributed by atoms with Crippen LogP contribution in [0, 0.1) is 11.3 Å². The summed E-state index contributed by atoms with van der Waals surface area (Å²) >= 11 is 0. The second kappa shape index (κ2) is 9.23. The van der Waals surface area contributed by atoms with E-state index < -0.39 is 7.05 Å². The fourth-order valence-corrected chi connectivity index (χ4v) is 7.04. The highest BCUT2D eigenvalue weighted by molar-refractivity contribution is 7.87. The second-order valence-electron chi connectivity index (χ2n) is 6.80. The highest BCUT2D eigenvalue weighted by Crippen LogP contribution is 2.49. The molecule has 0 aliphatic carbocycles. The van der Waals surface area contributed by atoms with Gasteiger partial charge in [0, 0.05) is 22.0 Å². The fourth-order valence-electron chi connectivity index (χ4n) is 3.51. The summed E-state index contributed by atoms with van der Waals surface area (Å²) in [6.45, 7) is 0. The molecule has 0 amide bonds. The summed E-state index contributed by atoms with van der Waals surface area (Å²) in [4.78, 5) is 0. The van der Waals surface area contributed by atoms with Crippen LogP contribution in [0.2, 0.25) is 0 Å². The smallest absolute Gasteiger partial charge is 0.0912 e. The molecule has 0 bridgehead atoms. The lowest BCUT2D eigenvalue weighted by Crippen LogP contribution is -2.25. The van der Waals surface area contributed by atoms with E-state index in [4.69, 9.17) is 10.0 Å². The average molecular weight is 404 g/mol. The molecule has 0 radical (unpaired) electrons. The van der Waals surface area contributed by atoms with Crippen molar-refractivity contribution in [2.75, 3.05) is 0 Å². The standard InChI is InChI=1S/C27H21N2P/c28-22-10-11-23-18-20-24(21-19-23)29-30(25-12-4-1-5-13-25,26-14-6-2-7-15-26)27-16-8-3-9-17-27/h1-21H/b11-10+. The molecular formula is C27H21N2P. The van der Waals surface area contributed by atoms with E-state index in [1.54, 1.807) is 6.08 Å². The molecule has 0 N–H and O–H groups in total. The molecule has 30 heavy (non-hydrogen) atoms. The number of hydrogen-bond donors (Lipinski definition) is 0. The predicted molar refractivity (Wildman–Crippen MR) is 128 cm³/mol. The summed E-state index contributed by atoms with van der Waals surface area (Å²) in [5, 5.41) is 12.4. The molecule has 0 aliphatic heterocycles. The number of nitriles is 1. The molecule has 0 aromatic heterocycles. The van der Waals surface area contributed by atoms with Gasteiger partial charge in [-0.05, 0) is 23.8 Å². The largest absolute Gasteiger partial charge is 0.254 e. The van der Waals surface area contributed by atoms with Crippen molar-refractivity contribution in [3.63, 3.8) is 0 Å². The minimum absolute atomic E-state index is 0.925. The van der Waals surface area contributed by atoms with Gasteiger partial charge in [0.05, 0.1) is 18.8 Å². The maximum Gasteiger partial charge on any atom is 0.0912 e. The first-order chi connectivity index (χ1) is 14.8. The number of rotatable bonds is 5. The predicted octanol–water partition coefficient (Wildman–Crippen LogP) is 6.03. The van der Waals surface area contributed by atoms with Crippen molar-refractivity contribution in [3.8, 4) is 6.07 Å². The molecule has 4 rings (SSSR count). The van der Waals surface area contributed by atoms with Crippen molar-refractivity contribution >= 4 is 34.7 Å². The molecule has 0 heterocycles. The van der Waals surface area contributed by atoms with Crippen molar-refractivity contribution in [2.24, 2.45) is 4.74 Å². The van der Waals surface area contributed by atoms with Gasteiger partial charge in [-0.1, -0.05) is 103 Å². The molecule has 3 heteroatoms. The molecule has 4 aromatic carbocycles. The van der Waals surface area contributed by atoms with Gasteiger partial charge in [0.15, 0.2) is 0 Å². The topological polar surface area (TPSA) is 36.1 Å². The summed E-state index contributed by atoms with van der Waals surface area (Å²) in [7, 11) is -2.26. The van der Waals surface area contributed by atoms with Gasteiger partial charge in [-0.15, -0.1) is 0 Å².